The maximum absolute atomic E-state index is 5.64. The monoisotopic (exact) mass is 174 g/mol. The molecule has 2 saturated heterocycles. The highest BCUT2D eigenvalue weighted by Gasteiger charge is 2.69. The predicted molar refractivity (Wildman–Crippen MR) is 46.2 cm³/mol. The molecule has 2 fully saturated rings. The summed E-state index contributed by atoms with van der Waals surface area (Å²) < 4.78 is 11.3. The minimum absolute atomic E-state index is 0.157. The first-order chi connectivity index (χ1) is 5.10. The van der Waals surface area contributed by atoms with Gasteiger partial charge in [-0.25, -0.2) is 0 Å². The highest BCUT2D eigenvalue weighted by molar-refractivity contribution is 7.53. The Labute approximate surface area is 69.1 Å². The summed E-state index contributed by atoms with van der Waals surface area (Å²) in [6.45, 7) is 7.33. The molecule has 0 spiro atoms. The Kier molecular flexibility index (Phi) is 1.58. The first-order valence-electron chi connectivity index (χ1n) is 4.18. The number of fused-ring (bicyclic) bond motifs is 1. The molecule has 2 aliphatic rings. The molecule has 0 aromatic heterocycles. The van der Waals surface area contributed by atoms with Crippen molar-refractivity contribution in [1.82, 2.24) is 0 Å². The third-order valence-corrected chi connectivity index (χ3v) is 5.33. The SMILES string of the molecule is CCOP1C[C@]2(C)O[C@@]2(C)C1. The van der Waals surface area contributed by atoms with Gasteiger partial charge in [0.25, 0.3) is 0 Å². The van der Waals surface area contributed by atoms with E-state index in [-0.39, 0.29) is 19.4 Å². The molecule has 11 heavy (non-hydrogen) atoms. The van der Waals surface area contributed by atoms with Crippen LogP contribution >= 0.6 is 8.15 Å². The zero-order chi connectivity index (χ0) is 8.11. The molecular formula is C8H15O2P. The van der Waals surface area contributed by atoms with Crippen LogP contribution in [0.4, 0.5) is 0 Å². The summed E-state index contributed by atoms with van der Waals surface area (Å²) >= 11 is 0. The molecule has 2 heterocycles. The number of rotatable bonds is 2. The van der Waals surface area contributed by atoms with E-state index in [0.717, 1.165) is 18.9 Å². The van der Waals surface area contributed by atoms with Crippen LogP contribution in [0.3, 0.4) is 0 Å². The lowest BCUT2D eigenvalue weighted by atomic mass is 10.0. The second-order valence-corrected chi connectivity index (χ2v) is 5.63. The van der Waals surface area contributed by atoms with Gasteiger partial charge in [0, 0.05) is 27.1 Å². The molecule has 0 unspecified atom stereocenters. The predicted octanol–water partition coefficient (Wildman–Crippen LogP) is 1.98. The smallest absolute Gasteiger partial charge is 0.101 e. The van der Waals surface area contributed by atoms with Gasteiger partial charge in [0.1, 0.15) is 11.2 Å². The van der Waals surface area contributed by atoms with Crippen LogP contribution < -0.4 is 0 Å². The Bertz CT molecular complexity index is 169. The van der Waals surface area contributed by atoms with Gasteiger partial charge in [-0.3, -0.25) is 0 Å². The molecule has 2 nitrogen and oxygen atoms in total. The molecule has 2 rings (SSSR count). The van der Waals surface area contributed by atoms with E-state index in [0.29, 0.717) is 0 Å². The fourth-order valence-corrected chi connectivity index (χ4v) is 4.68. The van der Waals surface area contributed by atoms with E-state index in [1.165, 1.54) is 0 Å². The topological polar surface area (TPSA) is 21.8 Å². The van der Waals surface area contributed by atoms with E-state index in [9.17, 15) is 0 Å². The van der Waals surface area contributed by atoms with Crippen molar-refractivity contribution in [1.29, 1.82) is 0 Å². The van der Waals surface area contributed by atoms with Crippen molar-refractivity contribution in [2.75, 3.05) is 18.9 Å². The van der Waals surface area contributed by atoms with E-state index < -0.39 is 0 Å². The van der Waals surface area contributed by atoms with Gasteiger partial charge in [0.05, 0.1) is 0 Å². The normalized spacial score (nSPS) is 49.4. The fourth-order valence-electron chi connectivity index (χ4n) is 1.87. The largest absolute Gasteiger partial charge is 0.362 e. The fraction of sp³-hybridized carbons (Fsp3) is 1.00. The lowest BCUT2D eigenvalue weighted by molar-refractivity contribution is 0.279. The first kappa shape index (κ1) is 7.97. The average Bonchev–Trinajstić information content (AvgIpc) is 2.24. The van der Waals surface area contributed by atoms with Gasteiger partial charge in [-0.2, -0.15) is 0 Å². The Balaban J connectivity index is 1.96. The summed E-state index contributed by atoms with van der Waals surface area (Å²) in [7, 11) is -0.157. The van der Waals surface area contributed by atoms with Crippen LogP contribution in [0.15, 0.2) is 0 Å². The van der Waals surface area contributed by atoms with Gasteiger partial charge in [-0.1, -0.05) is 0 Å². The van der Waals surface area contributed by atoms with Crippen LogP contribution in [0.1, 0.15) is 20.8 Å². The Morgan fingerprint density at radius 3 is 2.36 bits per heavy atom. The molecule has 0 N–H and O–H groups in total. The van der Waals surface area contributed by atoms with E-state index in [1.54, 1.807) is 0 Å². The Hall–Kier alpha value is 0.350. The van der Waals surface area contributed by atoms with Crippen LogP contribution in [0.5, 0.6) is 0 Å². The molecule has 0 aliphatic carbocycles. The molecule has 3 heteroatoms. The summed E-state index contributed by atoms with van der Waals surface area (Å²) in [5, 5.41) is 0. The second-order valence-electron chi connectivity index (χ2n) is 3.78. The number of epoxide rings is 1. The van der Waals surface area contributed by atoms with Gasteiger partial charge in [0.15, 0.2) is 0 Å². The minimum atomic E-state index is -0.157. The third kappa shape index (κ3) is 1.04. The van der Waals surface area contributed by atoms with Crippen LogP contribution in [-0.4, -0.2) is 30.1 Å². The highest BCUT2D eigenvalue weighted by atomic mass is 31.1. The maximum atomic E-state index is 5.64. The molecule has 64 valence electrons. The Morgan fingerprint density at radius 1 is 1.36 bits per heavy atom. The van der Waals surface area contributed by atoms with Crippen molar-refractivity contribution >= 4 is 8.15 Å². The number of hydrogen-bond donors (Lipinski definition) is 0. The first-order valence-corrected chi connectivity index (χ1v) is 5.81. The molecule has 0 aromatic carbocycles. The molecule has 2 aliphatic heterocycles. The molecule has 0 saturated carbocycles. The van der Waals surface area contributed by atoms with Crippen molar-refractivity contribution in [3.05, 3.63) is 0 Å². The summed E-state index contributed by atoms with van der Waals surface area (Å²) in [4.78, 5) is 0. The second kappa shape index (κ2) is 2.18. The van der Waals surface area contributed by atoms with Crippen LogP contribution in [0.25, 0.3) is 0 Å². The van der Waals surface area contributed by atoms with Crippen molar-refractivity contribution in [3.63, 3.8) is 0 Å². The van der Waals surface area contributed by atoms with Crippen molar-refractivity contribution in [3.8, 4) is 0 Å². The van der Waals surface area contributed by atoms with Gasteiger partial charge in [-0.05, 0) is 20.8 Å². The standard InChI is InChI=1S/C8H15O2P/c1-4-9-11-5-7(2)8(3,6-11)10-7/h4-6H2,1-3H3/t7-,8-/m0/s1. The zero-order valence-corrected chi connectivity index (χ0v) is 8.28. The lowest BCUT2D eigenvalue weighted by Crippen LogP contribution is -2.15. The van der Waals surface area contributed by atoms with Crippen molar-refractivity contribution in [2.24, 2.45) is 0 Å². The minimum Gasteiger partial charge on any atom is -0.362 e. The number of ether oxygens (including phenoxy) is 1. The average molecular weight is 174 g/mol. The maximum Gasteiger partial charge on any atom is 0.101 e. The third-order valence-electron chi connectivity index (χ3n) is 2.80. The molecular weight excluding hydrogens is 159 g/mol. The number of hydrogen-bond acceptors (Lipinski definition) is 2. The van der Waals surface area contributed by atoms with E-state index in [4.69, 9.17) is 9.26 Å². The van der Waals surface area contributed by atoms with E-state index in [2.05, 4.69) is 20.8 Å². The summed E-state index contributed by atoms with van der Waals surface area (Å²) in [5.41, 5.74) is 0.349. The molecule has 0 amide bonds. The molecule has 0 bridgehead atoms. The highest BCUT2D eigenvalue weighted by Crippen LogP contribution is 2.66. The van der Waals surface area contributed by atoms with Crippen LogP contribution in [0.2, 0.25) is 0 Å². The molecule has 2 atom stereocenters. The van der Waals surface area contributed by atoms with E-state index >= 15 is 0 Å². The quantitative estimate of drug-likeness (QED) is 0.471. The van der Waals surface area contributed by atoms with Crippen LogP contribution in [-0.2, 0) is 9.26 Å². The molecule has 0 radical (unpaired) electrons. The lowest BCUT2D eigenvalue weighted by Gasteiger charge is -2.12. The molecule has 0 aromatic rings. The van der Waals surface area contributed by atoms with E-state index in [1.807, 2.05) is 0 Å². The van der Waals surface area contributed by atoms with Gasteiger partial charge < -0.3 is 9.26 Å². The Morgan fingerprint density at radius 2 is 1.91 bits per heavy atom. The van der Waals surface area contributed by atoms with Crippen LogP contribution in [0, 0.1) is 0 Å². The summed E-state index contributed by atoms with van der Waals surface area (Å²) in [6.07, 6.45) is 2.29. The van der Waals surface area contributed by atoms with Gasteiger partial charge in [0.2, 0.25) is 0 Å². The van der Waals surface area contributed by atoms with Gasteiger partial charge in [-0.15, -0.1) is 0 Å². The van der Waals surface area contributed by atoms with Gasteiger partial charge >= 0.3 is 0 Å². The van der Waals surface area contributed by atoms with Crippen molar-refractivity contribution < 1.29 is 9.26 Å². The van der Waals surface area contributed by atoms with Crippen molar-refractivity contribution in [2.45, 2.75) is 32.0 Å². The zero-order valence-electron chi connectivity index (χ0n) is 7.39. The summed E-state index contributed by atoms with van der Waals surface area (Å²) in [5.74, 6) is 0. The summed E-state index contributed by atoms with van der Waals surface area (Å²) in [6, 6.07) is 0.